The molecule has 4 aromatic rings. The molecule has 1 aromatic heterocycles. The zero-order valence-electron chi connectivity index (χ0n) is 21.8. The van der Waals surface area contributed by atoms with Crippen LogP contribution in [0.4, 0.5) is 37.7 Å². The first-order valence-electron chi connectivity index (χ1n) is 12.9. The van der Waals surface area contributed by atoms with Crippen LogP contribution in [0.25, 0.3) is 22.0 Å². The molecular formula is C29H22F6N4O3. The topological polar surface area (TPSA) is 66.9 Å². The lowest BCUT2D eigenvalue weighted by atomic mass is 9.96. The summed E-state index contributed by atoms with van der Waals surface area (Å²) in [5.74, 6) is -4.54. The van der Waals surface area contributed by atoms with Gasteiger partial charge in [0.15, 0.2) is 11.6 Å². The zero-order valence-corrected chi connectivity index (χ0v) is 21.8. The third-order valence-corrected chi connectivity index (χ3v) is 7.12. The Morgan fingerprint density at radius 2 is 1.69 bits per heavy atom. The molecule has 42 heavy (non-hydrogen) atoms. The van der Waals surface area contributed by atoms with Crippen molar-refractivity contribution >= 4 is 28.2 Å². The normalized spacial score (nSPS) is 15.4. The van der Waals surface area contributed by atoms with Crippen molar-refractivity contribution in [2.24, 2.45) is 0 Å². The molecule has 1 N–H and O–H groups in total. The second-order valence-electron chi connectivity index (χ2n) is 9.66. The number of hydrazine groups is 1. The van der Waals surface area contributed by atoms with Gasteiger partial charge in [-0.25, -0.2) is 13.2 Å². The van der Waals surface area contributed by atoms with E-state index in [2.05, 4.69) is 10.4 Å². The molecule has 1 amide bonds. The Labute approximate surface area is 235 Å². The van der Waals surface area contributed by atoms with Crippen molar-refractivity contribution in [3.63, 3.8) is 0 Å². The van der Waals surface area contributed by atoms with Gasteiger partial charge in [-0.15, -0.1) is 0 Å². The van der Waals surface area contributed by atoms with Crippen molar-refractivity contribution in [1.29, 1.82) is 0 Å². The van der Waals surface area contributed by atoms with Crippen LogP contribution in [0.2, 0.25) is 0 Å². The number of morpholine rings is 1. The number of benzene rings is 3. The fourth-order valence-corrected chi connectivity index (χ4v) is 5.18. The number of hydrogen-bond donors (Lipinski definition) is 1. The number of para-hydroxylation sites is 2. The molecule has 0 radical (unpaired) electrons. The maximum Gasteiger partial charge on any atom is 0.416 e. The number of alkyl halides is 3. The minimum atomic E-state index is -5.01. The summed E-state index contributed by atoms with van der Waals surface area (Å²) in [5, 5.41) is 1.78. The van der Waals surface area contributed by atoms with Crippen molar-refractivity contribution < 1.29 is 40.6 Å². The lowest BCUT2D eigenvalue weighted by Crippen LogP contribution is -2.47. The summed E-state index contributed by atoms with van der Waals surface area (Å²) in [5.41, 5.74) is 0.550. The van der Waals surface area contributed by atoms with E-state index < -0.39 is 46.2 Å². The van der Waals surface area contributed by atoms with E-state index in [0.717, 1.165) is 12.3 Å². The number of nitrogens with zero attached hydrogens (tertiary/aromatic N) is 3. The second kappa shape index (κ2) is 10.7. The Hall–Kier alpha value is -4.52. The van der Waals surface area contributed by atoms with E-state index in [9.17, 15) is 26.7 Å². The van der Waals surface area contributed by atoms with E-state index in [1.54, 1.807) is 34.2 Å². The van der Waals surface area contributed by atoms with Crippen molar-refractivity contribution in [3.05, 3.63) is 83.3 Å². The molecule has 0 saturated carbocycles. The molecule has 13 heteroatoms. The number of hydrogen-bond acceptors (Lipinski definition) is 6. The molecule has 2 aliphatic rings. The summed E-state index contributed by atoms with van der Waals surface area (Å²) in [6, 6.07) is 9.72. The number of rotatable bonds is 4. The molecule has 0 atom stereocenters. The first-order valence-corrected chi connectivity index (χ1v) is 12.9. The van der Waals surface area contributed by atoms with Gasteiger partial charge in [0.1, 0.15) is 18.2 Å². The Balaban J connectivity index is 1.51. The van der Waals surface area contributed by atoms with E-state index >= 15 is 4.39 Å². The molecule has 1 fully saturated rings. The Bertz CT molecular complexity index is 1690. The van der Waals surface area contributed by atoms with Gasteiger partial charge < -0.3 is 14.4 Å². The van der Waals surface area contributed by atoms with E-state index in [-0.39, 0.29) is 22.5 Å². The maximum atomic E-state index is 15.3. The molecule has 3 heterocycles. The Morgan fingerprint density at radius 1 is 0.929 bits per heavy atom. The van der Waals surface area contributed by atoms with Crippen LogP contribution in [0.1, 0.15) is 15.9 Å². The molecule has 218 valence electrons. The summed E-state index contributed by atoms with van der Waals surface area (Å²) in [6.07, 6.45) is -3.86. The lowest BCUT2D eigenvalue weighted by Gasteiger charge is -2.33. The summed E-state index contributed by atoms with van der Waals surface area (Å²) in [4.78, 5) is 19.7. The predicted molar refractivity (Wildman–Crippen MR) is 142 cm³/mol. The average molecular weight is 589 g/mol. The molecular weight excluding hydrogens is 566 g/mol. The Morgan fingerprint density at radius 3 is 2.45 bits per heavy atom. The third-order valence-electron chi connectivity index (χ3n) is 7.12. The number of carbonyl (C=O) groups excluding carboxylic acids is 1. The number of fused-ring (bicyclic) bond motifs is 2. The number of amides is 1. The lowest BCUT2D eigenvalue weighted by molar-refractivity contribution is -0.137. The van der Waals surface area contributed by atoms with Crippen LogP contribution in [0.15, 0.2) is 54.7 Å². The highest BCUT2D eigenvalue weighted by Gasteiger charge is 2.34. The first kappa shape index (κ1) is 27.6. The monoisotopic (exact) mass is 588 g/mol. The molecule has 1 saturated heterocycles. The van der Waals surface area contributed by atoms with Crippen LogP contribution in [0.5, 0.6) is 5.75 Å². The Kier molecular flexibility index (Phi) is 7.05. The van der Waals surface area contributed by atoms with Gasteiger partial charge >= 0.3 is 6.18 Å². The molecule has 6 rings (SSSR count). The third kappa shape index (κ3) is 4.93. The van der Waals surface area contributed by atoms with Gasteiger partial charge in [-0.2, -0.15) is 13.2 Å². The quantitative estimate of drug-likeness (QED) is 0.308. The number of ether oxygens (including phenoxy) is 2. The van der Waals surface area contributed by atoms with Gasteiger partial charge in [-0.3, -0.25) is 20.2 Å². The van der Waals surface area contributed by atoms with Gasteiger partial charge in [0.2, 0.25) is 0 Å². The fourth-order valence-electron chi connectivity index (χ4n) is 5.18. The molecule has 7 nitrogen and oxygen atoms in total. The highest BCUT2D eigenvalue weighted by Crippen LogP contribution is 2.41. The molecule has 0 spiro atoms. The summed E-state index contributed by atoms with van der Waals surface area (Å²) in [7, 11) is 0. The van der Waals surface area contributed by atoms with Gasteiger partial charge in [0.05, 0.1) is 47.8 Å². The predicted octanol–water partition coefficient (Wildman–Crippen LogP) is 5.72. The minimum absolute atomic E-state index is 0.0146. The van der Waals surface area contributed by atoms with Crippen LogP contribution in [-0.2, 0) is 10.9 Å². The smallest absolute Gasteiger partial charge is 0.416 e. The van der Waals surface area contributed by atoms with Crippen molar-refractivity contribution in [3.8, 4) is 16.9 Å². The van der Waals surface area contributed by atoms with Crippen molar-refractivity contribution in [2.75, 3.05) is 49.4 Å². The van der Waals surface area contributed by atoms with E-state index in [0.29, 0.717) is 62.6 Å². The van der Waals surface area contributed by atoms with Crippen LogP contribution in [-0.4, -0.2) is 50.3 Å². The van der Waals surface area contributed by atoms with Crippen molar-refractivity contribution in [1.82, 2.24) is 10.4 Å². The van der Waals surface area contributed by atoms with Crippen LogP contribution in [0.3, 0.4) is 0 Å². The van der Waals surface area contributed by atoms with E-state index in [4.69, 9.17) is 9.47 Å². The number of pyridine rings is 1. The van der Waals surface area contributed by atoms with E-state index in [1.165, 1.54) is 6.07 Å². The zero-order chi connectivity index (χ0) is 29.6. The molecule has 3 aromatic carbocycles. The molecule has 2 aliphatic heterocycles. The number of halogens is 6. The highest BCUT2D eigenvalue weighted by molar-refractivity contribution is 6.10. The number of aromatic nitrogens is 1. The minimum Gasteiger partial charge on any atom is -0.489 e. The van der Waals surface area contributed by atoms with Crippen LogP contribution < -0.4 is 20.1 Å². The standard InChI is InChI=1S/C29H22F6N4O3/c30-20-6-5-17-26(24(20)18-13-16(29(33,34)35)14-21(31)25(18)32)36-15-19(27(17)38-7-10-41-11-8-38)28(40)37-39-9-12-42-23-4-2-1-3-22(23)39/h1-6,13-15H,7-12H2,(H,37,40). The van der Waals surface area contributed by atoms with Crippen LogP contribution >= 0.6 is 0 Å². The summed E-state index contributed by atoms with van der Waals surface area (Å²) >= 11 is 0. The SMILES string of the molecule is O=C(NN1CCOc2ccccc21)c1cnc2c(-c3cc(C(F)(F)F)cc(F)c3F)c(F)ccc2c1N1CCOCC1. The molecule has 0 unspecified atom stereocenters. The first-order chi connectivity index (χ1) is 20.1. The van der Waals surface area contributed by atoms with Crippen molar-refractivity contribution in [2.45, 2.75) is 6.18 Å². The highest BCUT2D eigenvalue weighted by atomic mass is 19.4. The van der Waals surface area contributed by atoms with E-state index in [1.807, 2.05) is 0 Å². The number of anilines is 2. The van der Waals surface area contributed by atoms with Gasteiger partial charge in [-0.05, 0) is 36.4 Å². The maximum absolute atomic E-state index is 15.3. The largest absolute Gasteiger partial charge is 0.489 e. The summed E-state index contributed by atoms with van der Waals surface area (Å²) in [6.45, 7) is 1.93. The van der Waals surface area contributed by atoms with Gasteiger partial charge in [-0.1, -0.05) is 12.1 Å². The number of nitrogens with one attached hydrogen (secondary N) is 1. The molecule has 0 aliphatic carbocycles. The van der Waals surface area contributed by atoms with Gasteiger partial charge in [0.25, 0.3) is 5.91 Å². The molecule has 0 bridgehead atoms. The van der Waals surface area contributed by atoms with Crippen LogP contribution in [0, 0.1) is 17.5 Å². The second-order valence-corrected chi connectivity index (χ2v) is 9.66. The fraction of sp³-hybridized carbons (Fsp3) is 0.241. The van der Waals surface area contributed by atoms with Gasteiger partial charge in [0, 0.05) is 35.8 Å². The summed E-state index contributed by atoms with van der Waals surface area (Å²) < 4.78 is 96.1. The average Bonchev–Trinajstić information content (AvgIpc) is 2.98. The number of carbonyl (C=O) groups is 1.